The second-order valence-corrected chi connectivity index (χ2v) is 18.4. The Balaban J connectivity index is 4.25. The summed E-state index contributed by atoms with van der Waals surface area (Å²) in [5.41, 5.74) is 5.35. The summed E-state index contributed by atoms with van der Waals surface area (Å²) in [6.07, 6.45) is 48.1. The first kappa shape index (κ1) is 59.0. The lowest BCUT2D eigenvalue weighted by Crippen LogP contribution is -2.34. The highest BCUT2D eigenvalue weighted by molar-refractivity contribution is 7.47. The smallest absolute Gasteiger partial charge is 0.472 e. The first-order valence-electron chi connectivity index (χ1n) is 24.9. The fourth-order valence-electron chi connectivity index (χ4n) is 7.04. The molecule has 61 heavy (non-hydrogen) atoms. The van der Waals surface area contributed by atoms with E-state index in [0.717, 1.165) is 51.4 Å². The second-order valence-electron chi connectivity index (χ2n) is 17.0. The van der Waals surface area contributed by atoms with Crippen LogP contribution in [-0.4, -0.2) is 59.9 Å². The molecule has 0 radical (unpaired) electrons. The maximum atomic E-state index is 12.7. The molecule has 0 amide bonds. The topological polar surface area (TPSA) is 172 Å². The van der Waals surface area contributed by atoms with Crippen molar-refractivity contribution in [1.29, 1.82) is 0 Å². The monoisotopic (exact) mass is 886 g/mol. The van der Waals surface area contributed by atoms with E-state index in [1.165, 1.54) is 148 Å². The molecule has 1 unspecified atom stereocenters. The Morgan fingerprint density at radius 2 is 0.869 bits per heavy atom. The van der Waals surface area contributed by atoms with Crippen LogP contribution in [0.1, 0.15) is 239 Å². The normalized spacial score (nSPS) is 13.8. The third-order valence-corrected chi connectivity index (χ3v) is 11.9. The molecule has 0 aromatic carbocycles. The van der Waals surface area contributed by atoms with E-state index in [0.29, 0.717) is 12.8 Å². The summed E-state index contributed by atoms with van der Waals surface area (Å²) >= 11 is 0. The van der Waals surface area contributed by atoms with Crippen LogP contribution in [0.15, 0.2) is 24.3 Å². The van der Waals surface area contributed by atoms with Crippen LogP contribution in [0, 0.1) is 0 Å². The molecule has 358 valence electrons. The summed E-state index contributed by atoms with van der Waals surface area (Å²) in [7, 11) is -4.72. The van der Waals surface area contributed by atoms with Gasteiger partial charge in [0.1, 0.15) is 12.6 Å². The number of carbonyl (C=O) groups is 3. The third kappa shape index (κ3) is 44.4. The minimum Gasteiger partial charge on any atom is -0.480 e. The van der Waals surface area contributed by atoms with Crippen molar-refractivity contribution >= 4 is 25.7 Å². The van der Waals surface area contributed by atoms with Gasteiger partial charge >= 0.3 is 25.7 Å². The van der Waals surface area contributed by atoms with E-state index in [-0.39, 0.29) is 19.4 Å². The van der Waals surface area contributed by atoms with Gasteiger partial charge in [-0.1, -0.05) is 205 Å². The van der Waals surface area contributed by atoms with E-state index >= 15 is 0 Å². The van der Waals surface area contributed by atoms with Crippen LogP contribution in [-0.2, 0) is 37.5 Å². The number of ether oxygens (including phenoxy) is 2. The number of rotatable bonds is 47. The van der Waals surface area contributed by atoms with Gasteiger partial charge in [-0.15, -0.1) is 0 Å². The molecule has 0 aliphatic heterocycles. The number of carboxylic acids is 1. The lowest BCUT2D eigenvalue weighted by atomic mass is 10.0. The van der Waals surface area contributed by atoms with Crippen LogP contribution < -0.4 is 5.73 Å². The van der Waals surface area contributed by atoms with Gasteiger partial charge in [-0.2, -0.15) is 0 Å². The number of phosphoric acid groups is 1. The van der Waals surface area contributed by atoms with Crippen molar-refractivity contribution in [2.24, 2.45) is 5.73 Å². The van der Waals surface area contributed by atoms with Gasteiger partial charge < -0.3 is 25.2 Å². The lowest BCUT2D eigenvalue weighted by Gasteiger charge is -2.20. The molecule has 0 heterocycles. The van der Waals surface area contributed by atoms with Crippen LogP contribution in [0.25, 0.3) is 0 Å². The molecule has 0 saturated heterocycles. The Hall–Kier alpha value is -2.04. The number of nitrogens with two attached hydrogens (primary N) is 1. The lowest BCUT2D eigenvalue weighted by molar-refractivity contribution is -0.161. The Labute approximate surface area is 372 Å². The van der Waals surface area contributed by atoms with Crippen molar-refractivity contribution in [3.8, 4) is 0 Å². The van der Waals surface area contributed by atoms with Gasteiger partial charge in [-0.3, -0.25) is 23.4 Å². The number of hydrogen-bond donors (Lipinski definition) is 3. The van der Waals surface area contributed by atoms with E-state index in [1.54, 1.807) is 0 Å². The Morgan fingerprint density at radius 1 is 0.508 bits per heavy atom. The number of carbonyl (C=O) groups excluding carboxylic acids is 2. The van der Waals surface area contributed by atoms with E-state index in [9.17, 15) is 23.8 Å². The number of phosphoric ester groups is 1. The van der Waals surface area contributed by atoms with Crippen LogP contribution >= 0.6 is 7.82 Å². The van der Waals surface area contributed by atoms with Crippen LogP contribution in [0.4, 0.5) is 0 Å². The molecular weight excluding hydrogens is 794 g/mol. The highest BCUT2D eigenvalue weighted by Crippen LogP contribution is 2.43. The van der Waals surface area contributed by atoms with Crippen molar-refractivity contribution in [2.75, 3.05) is 19.8 Å². The molecule has 0 fully saturated rings. The zero-order valence-corrected chi connectivity index (χ0v) is 39.9. The molecule has 3 atom stereocenters. The molecule has 0 rings (SSSR count). The van der Waals surface area contributed by atoms with Crippen molar-refractivity contribution in [3.05, 3.63) is 24.3 Å². The summed E-state index contributed by atoms with van der Waals surface area (Å²) < 4.78 is 32.8. The highest BCUT2D eigenvalue weighted by atomic mass is 31.2. The number of esters is 2. The number of hydrogen-bond acceptors (Lipinski definition) is 9. The SMILES string of the molecule is CCCCC/C=C/C/C=C/CCCCCCCCCC(=O)OC[C@H](COP(=O)(O)OC[C@H](N)C(=O)O)OC(=O)CCCCCCCCCCCCCCCCCCCCCC. The minimum atomic E-state index is -4.72. The number of carboxylic acid groups (broad SMARTS) is 1. The molecular formula is C49H92NO10P. The van der Waals surface area contributed by atoms with Crippen molar-refractivity contribution in [2.45, 2.75) is 251 Å². The first-order valence-corrected chi connectivity index (χ1v) is 26.4. The number of unbranched alkanes of at least 4 members (excludes halogenated alkanes) is 29. The zero-order valence-electron chi connectivity index (χ0n) is 39.0. The summed E-state index contributed by atoms with van der Waals surface area (Å²) in [6, 6.07) is -1.52. The molecule has 0 aliphatic rings. The molecule has 0 bridgehead atoms. The van der Waals surface area contributed by atoms with E-state index < -0.39 is 51.1 Å². The van der Waals surface area contributed by atoms with E-state index in [2.05, 4.69) is 42.7 Å². The second kappa shape index (κ2) is 44.6. The molecule has 0 spiro atoms. The highest BCUT2D eigenvalue weighted by Gasteiger charge is 2.28. The average molecular weight is 886 g/mol. The van der Waals surface area contributed by atoms with Gasteiger partial charge in [0.2, 0.25) is 0 Å². The van der Waals surface area contributed by atoms with Gasteiger partial charge in [-0.05, 0) is 44.9 Å². The molecule has 0 aromatic rings. The van der Waals surface area contributed by atoms with Gasteiger partial charge in [0, 0.05) is 12.8 Å². The van der Waals surface area contributed by atoms with Gasteiger partial charge in [-0.25, -0.2) is 4.57 Å². The maximum absolute atomic E-state index is 12.7. The molecule has 0 saturated carbocycles. The minimum absolute atomic E-state index is 0.164. The molecule has 4 N–H and O–H groups in total. The maximum Gasteiger partial charge on any atom is 0.472 e. The van der Waals surface area contributed by atoms with Crippen molar-refractivity contribution in [1.82, 2.24) is 0 Å². The Bertz CT molecular complexity index is 1130. The molecule has 12 heteroatoms. The number of allylic oxidation sites excluding steroid dienone is 4. The standard InChI is InChI=1S/C49H92NO10P/c1-3-5-7-9-11-13-15-17-19-21-22-23-25-27-29-31-33-35-37-39-41-48(52)60-45(43-58-61(55,56)59-44-46(50)49(53)54)42-57-47(51)40-38-36-34-32-30-28-26-24-20-18-16-14-12-10-8-6-4-2/h12,14,18,20,45-46H,3-11,13,15-17,19,21-44,50H2,1-2H3,(H,53,54)(H,55,56)/b14-12+,20-18+/t45-,46+/m1/s1. The first-order chi connectivity index (χ1) is 29.6. The Morgan fingerprint density at radius 3 is 1.31 bits per heavy atom. The van der Waals surface area contributed by atoms with Crippen molar-refractivity contribution in [3.63, 3.8) is 0 Å². The molecule has 0 aliphatic carbocycles. The van der Waals surface area contributed by atoms with E-state index in [4.69, 9.17) is 24.8 Å². The van der Waals surface area contributed by atoms with Crippen LogP contribution in [0.2, 0.25) is 0 Å². The summed E-state index contributed by atoms with van der Waals surface area (Å²) in [5.74, 6) is -2.37. The average Bonchev–Trinajstić information content (AvgIpc) is 3.24. The van der Waals surface area contributed by atoms with Crippen LogP contribution in [0.3, 0.4) is 0 Å². The largest absolute Gasteiger partial charge is 0.480 e. The number of aliphatic carboxylic acids is 1. The zero-order chi connectivity index (χ0) is 44.9. The van der Waals surface area contributed by atoms with E-state index in [1.807, 2.05) is 0 Å². The quantitative estimate of drug-likeness (QED) is 0.0230. The molecule has 11 nitrogen and oxygen atoms in total. The summed E-state index contributed by atoms with van der Waals surface area (Å²) in [4.78, 5) is 46.1. The predicted octanol–water partition coefficient (Wildman–Crippen LogP) is 13.8. The van der Waals surface area contributed by atoms with Crippen LogP contribution in [0.5, 0.6) is 0 Å². The summed E-state index contributed by atoms with van der Waals surface area (Å²) in [6.45, 7) is 2.81. The van der Waals surface area contributed by atoms with Gasteiger partial charge in [0.15, 0.2) is 6.10 Å². The fourth-order valence-corrected chi connectivity index (χ4v) is 7.82. The summed E-state index contributed by atoms with van der Waals surface area (Å²) in [5, 5.41) is 8.91. The van der Waals surface area contributed by atoms with Gasteiger partial charge in [0.05, 0.1) is 13.2 Å². The Kier molecular flexibility index (Phi) is 43.1. The third-order valence-electron chi connectivity index (χ3n) is 11.0. The molecule has 0 aromatic heterocycles. The van der Waals surface area contributed by atoms with Gasteiger partial charge in [0.25, 0.3) is 0 Å². The predicted molar refractivity (Wildman–Crippen MR) is 249 cm³/mol. The van der Waals surface area contributed by atoms with Crippen molar-refractivity contribution < 1.29 is 47.5 Å². The fraction of sp³-hybridized carbons (Fsp3) is 0.857.